The van der Waals surface area contributed by atoms with Crippen LogP contribution in [-0.4, -0.2) is 55.2 Å². The zero-order valence-corrected chi connectivity index (χ0v) is 8.56. The van der Waals surface area contributed by atoms with Gasteiger partial charge in [0.25, 0.3) is 0 Å². The molecule has 1 rings (SSSR count). The summed E-state index contributed by atoms with van der Waals surface area (Å²) in [7, 11) is 1.75. The summed E-state index contributed by atoms with van der Waals surface area (Å²) < 4.78 is 5.15. The molecule has 1 aliphatic heterocycles. The largest absolute Gasteiger partial charge is 0.360 e. The predicted octanol–water partition coefficient (Wildman–Crippen LogP) is 0.282. The predicted molar refractivity (Wildman–Crippen MR) is 50.6 cm³/mol. The smallest absolute Gasteiger partial charge is 0.319 e. The van der Waals surface area contributed by atoms with Crippen LogP contribution in [0.15, 0.2) is 0 Å². The molecule has 1 unspecified atom stereocenters. The van der Waals surface area contributed by atoms with Gasteiger partial charge < -0.3 is 14.5 Å². The van der Waals surface area contributed by atoms with Crippen LogP contribution in [0.3, 0.4) is 0 Å². The third-order valence-corrected chi connectivity index (χ3v) is 2.28. The van der Waals surface area contributed by atoms with Crippen molar-refractivity contribution in [3.8, 4) is 6.07 Å². The maximum absolute atomic E-state index is 11.7. The van der Waals surface area contributed by atoms with Crippen LogP contribution in [0.1, 0.15) is 6.92 Å². The summed E-state index contributed by atoms with van der Waals surface area (Å²) in [4.78, 5) is 15.0. The Labute approximate surface area is 83.8 Å². The molecular formula is C9H15N3O2. The van der Waals surface area contributed by atoms with Gasteiger partial charge in [-0.1, -0.05) is 0 Å². The highest BCUT2D eigenvalue weighted by molar-refractivity contribution is 5.74. The molecular weight excluding hydrogens is 182 g/mol. The van der Waals surface area contributed by atoms with Crippen LogP contribution in [-0.2, 0) is 4.74 Å². The van der Waals surface area contributed by atoms with E-state index in [1.165, 1.54) is 0 Å². The van der Waals surface area contributed by atoms with Crippen molar-refractivity contribution in [2.24, 2.45) is 0 Å². The molecule has 0 radical (unpaired) electrons. The van der Waals surface area contributed by atoms with Crippen molar-refractivity contribution in [3.05, 3.63) is 0 Å². The van der Waals surface area contributed by atoms with Crippen molar-refractivity contribution >= 4 is 6.03 Å². The maximum atomic E-state index is 11.7. The molecule has 1 fully saturated rings. The summed E-state index contributed by atoms with van der Waals surface area (Å²) >= 11 is 0. The van der Waals surface area contributed by atoms with Crippen LogP contribution in [0.5, 0.6) is 0 Å². The van der Waals surface area contributed by atoms with Crippen molar-refractivity contribution < 1.29 is 9.53 Å². The monoisotopic (exact) mass is 197 g/mol. The second-order valence-electron chi connectivity index (χ2n) is 3.23. The fourth-order valence-corrected chi connectivity index (χ4v) is 1.28. The summed E-state index contributed by atoms with van der Waals surface area (Å²) in [6, 6.07) is 1.98. The summed E-state index contributed by atoms with van der Waals surface area (Å²) in [6.45, 7) is 3.98. The second kappa shape index (κ2) is 4.82. The molecule has 1 saturated heterocycles. The number of carbonyl (C=O) groups excluding carboxylic acids is 1. The first-order chi connectivity index (χ1) is 6.69. The van der Waals surface area contributed by atoms with Crippen LogP contribution in [0.2, 0.25) is 0 Å². The number of nitriles is 1. The summed E-state index contributed by atoms with van der Waals surface area (Å²) in [5.74, 6) is 0. The van der Waals surface area contributed by atoms with Gasteiger partial charge in [-0.05, 0) is 6.92 Å². The van der Waals surface area contributed by atoms with Gasteiger partial charge in [0.2, 0.25) is 0 Å². The number of amides is 2. The van der Waals surface area contributed by atoms with E-state index in [2.05, 4.69) is 0 Å². The minimum atomic E-state index is -0.474. The second-order valence-corrected chi connectivity index (χ2v) is 3.23. The molecule has 0 aromatic carbocycles. The molecule has 0 aromatic rings. The molecule has 0 saturated carbocycles. The van der Waals surface area contributed by atoms with E-state index in [0.717, 1.165) is 0 Å². The summed E-state index contributed by atoms with van der Waals surface area (Å²) in [6.07, 6.45) is -0.474. The van der Waals surface area contributed by atoms with Gasteiger partial charge in [0, 0.05) is 20.1 Å². The van der Waals surface area contributed by atoms with Crippen LogP contribution in [0, 0.1) is 11.3 Å². The highest BCUT2D eigenvalue weighted by atomic mass is 16.5. The zero-order valence-electron chi connectivity index (χ0n) is 8.56. The van der Waals surface area contributed by atoms with Gasteiger partial charge in [-0.15, -0.1) is 0 Å². The Bertz CT molecular complexity index is 249. The molecule has 0 aromatic heterocycles. The molecule has 0 bridgehead atoms. The molecule has 2 amide bonds. The Kier molecular flexibility index (Phi) is 3.72. The van der Waals surface area contributed by atoms with Crippen molar-refractivity contribution in [2.45, 2.75) is 13.0 Å². The minimum Gasteiger partial charge on any atom is -0.360 e. The van der Waals surface area contributed by atoms with Crippen LogP contribution in [0.4, 0.5) is 4.79 Å². The van der Waals surface area contributed by atoms with Crippen LogP contribution in [0.25, 0.3) is 0 Å². The van der Waals surface area contributed by atoms with Gasteiger partial charge in [-0.2, -0.15) is 5.26 Å². The van der Waals surface area contributed by atoms with Crippen molar-refractivity contribution in [1.29, 1.82) is 5.26 Å². The summed E-state index contributed by atoms with van der Waals surface area (Å²) in [5.41, 5.74) is 0. The van der Waals surface area contributed by atoms with E-state index in [9.17, 15) is 4.79 Å². The fourth-order valence-electron chi connectivity index (χ4n) is 1.28. The average Bonchev–Trinajstić information content (AvgIpc) is 2.27. The van der Waals surface area contributed by atoms with E-state index in [4.69, 9.17) is 10.00 Å². The van der Waals surface area contributed by atoms with Gasteiger partial charge in [0.05, 0.1) is 19.2 Å². The van der Waals surface area contributed by atoms with E-state index in [1.54, 1.807) is 16.8 Å². The van der Waals surface area contributed by atoms with E-state index < -0.39 is 6.10 Å². The van der Waals surface area contributed by atoms with E-state index >= 15 is 0 Å². The average molecular weight is 197 g/mol. The Morgan fingerprint density at radius 1 is 1.79 bits per heavy atom. The highest BCUT2D eigenvalue weighted by Gasteiger charge is 2.25. The number of hydrogen-bond donors (Lipinski definition) is 0. The maximum Gasteiger partial charge on any atom is 0.319 e. The molecule has 78 valence electrons. The third kappa shape index (κ3) is 2.36. The van der Waals surface area contributed by atoms with Gasteiger partial charge in [-0.3, -0.25) is 0 Å². The normalized spacial score (nSPS) is 21.5. The number of urea groups is 1. The van der Waals surface area contributed by atoms with Gasteiger partial charge >= 0.3 is 6.03 Å². The number of rotatable bonds is 1. The minimum absolute atomic E-state index is 0.0314. The number of nitrogens with zero attached hydrogens (tertiary/aromatic N) is 3. The lowest BCUT2D eigenvalue weighted by Gasteiger charge is -2.32. The Hall–Kier alpha value is -1.28. The molecule has 0 N–H and O–H groups in total. The third-order valence-electron chi connectivity index (χ3n) is 2.28. The van der Waals surface area contributed by atoms with Crippen molar-refractivity contribution in [3.63, 3.8) is 0 Å². The number of hydrogen-bond acceptors (Lipinski definition) is 3. The number of carbonyl (C=O) groups is 1. The molecule has 5 heteroatoms. The van der Waals surface area contributed by atoms with Gasteiger partial charge in [0.1, 0.15) is 0 Å². The highest BCUT2D eigenvalue weighted by Crippen LogP contribution is 2.06. The van der Waals surface area contributed by atoms with E-state index in [1.807, 2.05) is 13.0 Å². The Morgan fingerprint density at radius 3 is 3.07 bits per heavy atom. The topological polar surface area (TPSA) is 56.6 Å². The first-order valence-electron chi connectivity index (χ1n) is 4.70. The lowest BCUT2D eigenvalue weighted by molar-refractivity contribution is 0.0104. The van der Waals surface area contributed by atoms with Crippen molar-refractivity contribution in [2.75, 3.05) is 33.3 Å². The van der Waals surface area contributed by atoms with Crippen LogP contribution < -0.4 is 0 Å². The van der Waals surface area contributed by atoms with Crippen LogP contribution >= 0.6 is 0 Å². The SMILES string of the molecule is CCN(C)C(=O)N1CCOC(C#N)C1. The number of ether oxygens (including phenoxy) is 1. The molecule has 1 heterocycles. The zero-order chi connectivity index (χ0) is 10.6. The standard InChI is InChI=1S/C9H15N3O2/c1-3-11(2)9(13)12-4-5-14-8(6-10)7-12/h8H,3-5,7H2,1-2H3. The van der Waals surface area contributed by atoms with Gasteiger partial charge in [0.15, 0.2) is 6.10 Å². The summed E-state index contributed by atoms with van der Waals surface area (Å²) in [5, 5.41) is 8.66. The Morgan fingerprint density at radius 2 is 2.50 bits per heavy atom. The van der Waals surface area contributed by atoms with E-state index in [-0.39, 0.29) is 6.03 Å². The molecule has 1 aliphatic rings. The molecule has 1 atom stereocenters. The quantitative estimate of drug-likeness (QED) is 0.606. The van der Waals surface area contributed by atoms with Crippen molar-refractivity contribution in [1.82, 2.24) is 9.80 Å². The lowest BCUT2D eigenvalue weighted by atomic mass is 10.3. The van der Waals surface area contributed by atoms with Gasteiger partial charge in [-0.25, -0.2) is 4.79 Å². The molecule has 14 heavy (non-hydrogen) atoms. The first kappa shape index (κ1) is 10.8. The van der Waals surface area contributed by atoms with E-state index in [0.29, 0.717) is 26.2 Å². The number of morpholine rings is 1. The molecule has 5 nitrogen and oxygen atoms in total. The lowest BCUT2D eigenvalue weighted by Crippen LogP contribution is -2.49. The fraction of sp³-hybridized carbons (Fsp3) is 0.778. The first-order valence-corrected chi connectivity index (χ1v) is 4.70. The molecule has 0 spiro atoms. The molecule has 0 aliphatic carbocycles. The Balaban J connectivity index is 2.52.